The molecular formula is C39H49N3O5. The zero-order valence-corrected chi connectivity index (χ0v) is 28.6. The van der Waals surface area contributed by atoms with Gasteiger partial charge in [0.1, 0.15) is 11.5 Å². The molecule has 8 heteroatoms. The number of aromatic nitrogens is 1. The van der Waals surface area contributed by atoms with Gasteiger partial charge >= 0.3 is 6.09 Å². The van der Waals surface area contributed by atoms with Gasteiger partial charge in [0.05, 0.1) is 0 Å². The van der Waals surface area contributed by atoms with E-state index in [1.807, 2.05) is 50.2 Å². The van der Waals surface area contributed by atoms with Gasteiger partial charge in [0.15, 0.2) is 5.78 Å². The second-order valence-corrected chi connectivity index (χ2v) is 12.2. The molecule has 250 valence electrons. The lowest BCUT2D eigenvalue weighted by atomic mass is 9.98. The van der Waals surface area contributed by atoms with Crippen molar-refractivity contribution < 1.29 is 24.3 Å². The molecule has 1 N–H and O–H groups in total. The second kappa shape index (κ2) is 16.9. The lowest BCUT2D eigenvalue weighted by Crippen LogP contribution is -2.33. The zero-order valence-electron chi connectivity index (χ0n) is 28.6. The highest BCUT2D eigenvalue weighted by Gasteiger charge is 2.21. The molecule has 3 aromatic carbocycles. The van der Waals surface area contributed by atoms with Gasteiger partial charge < -0.3 is 19.4 Å². The summed E-state index contributed by atoms with van der Waals surface area (Å²) in [7, 11) is 0. The van der Waals surface area contributed by atoms with Crippen LogP contribution in [0.15, 0.2) is 65.8 Å². The standard InChI is InChI=1S/C39H49N3O5/c1-6-11-13-15-34(40-46)38(44)30-19-23-36-33(25-30)32-24-29(18-22-35(32)42(36)26-27(8-3)14-12-7-2)37(43)28-16-20-31(21-17-28)47-39(45)41(9-4)10-5/h16-25,27,46H,6-15,26H2,1-5H3/b40-34+. The van der Waals surface area contributed by atoms with Gasteiger partial charge in [-0.05, 0) is 99.7 Å². The Morgan fingerprint density at radius 2 is 1.38 bits per heavy atom. The smallest absolute Gasteiger partial charge is 0.411 e. The molecule has 0 bridgehead atoms. The van der Waals surface area contributed by atoms with Crippen LogP contribution in [0.3, 0.4) is 0 Å². The minimum atomic E-state index is -0.424. The molecule has 0 saturated carbocycles. The van der Waals surface area contributed by atoms with Crippen LogP contribution in [-0.4, -0.2) is 51.1 Å². The molecule has 0 fully saturated rings. The number of unbranched alkanes of at least 4 members (excludes halogenated alkanes) is 3. The molecule has 47 heavy (non-hydrogen) atoms. The number of fused-ring (bicyclic) bond motifs is 3. The highest BCUT2D eigenvalue weighted by atomic mass is 16.6. The fourth-order valence-electron chi connectivity index (χ4n) is 6.16. The second-order valence-electron chi connectivity index (χ2n) is 12.2. The van der Waals surface area contributed by atoms with Crippen molar-refractivity contribution in [2.75, 3.05) is 13.1 Å². The van der Waals surface area contributed by atoms with E-state index in [9.17, 15) is 19.6 Å². The molecule has 8 nitrogen and oxygen atoms in total. The van der Waals surface area contributed by atoms with E-state index in [1.165, 1.54) is 6.42 Å². The first-order valence-corrected chi connectivity index (χ1v) is 17.2. The predicted octanol–water partition coefficient (Wildman–Crippen LogP) is 9.68. The fourth-order valence-corrected chi connectivity index (χ4v) is 6.16. The number of ether oxygens (including phenoxy) is 1. The van der Waals surface area contributed by atoms with E-state index in [0.29, 0.717) is 47.9 Å². The first-order chi connectivity index (χ1) is 22.8. The summed E-state index contributed by atoms with van der Waals surface area (Å²) in [4.78, 5) is 41.1. The third kappa shape index (κ3) is 8.28. The normalized spacial score (nSPS) is 12.4. The summed E-state index contributed by atoms with van der Waals surface area (Å²) in [5.74, 6) is 0.442. The van der Waals surface area contributed by atoms with Gasteiger partial charge in [0.25, 0.3) is 0 Å². The maximum Gasteiger partial charge on any atom is 0.415 e. The number of carbonyl (C=O) groups excluding carboxylic acids is 3. The van der Waals surface area contributed by atoms with Gasteiger partial charge in [-0.3, -0.25) is 9.59 Å². The Hall–Kier alpha value is -4.46. The topological polar surface area (TPSA) is 101 Å². The summed E-state index contributed by atoms with van der Waals surface area (Å²) >= 11 is 0. The Bertz CT molecular complexity index is 1720. The average molecular weight is 640 g/mol. The minimum absolute atomic E-state index is 0.151. The molecule has 0 saturated heterocycles. The van der Waals surface area contributed by atoms with Crippen LogP contribution in [0, 0.1) is 5.92 Å². The van der Waals surface area contributed by atoms with Crippen LogP contribution in [-0.2, 0) is 6.54 Å². The van der Waals surface area contributed by atoms with Gasteiger partial charge in [-0.1, -0.05) is 58.0 Å². The Morgan fingerprint density at radius 3 is 1.96 bits per heavy atom. The van der Waals surface area contributed by atoms with Crippen LogP contribution >= 0.6 is 0 Å². The van der Waals surface area contributed by atoms with E-state index in [4.69, 9.17) is 4.74 Å². The fraction of sp³-hybridized carbons (Fsp3) is 0.436. The molecule has 4 aromatic rings. The summed E-state index contributed by atoms with van der Waals surface area (Å²) in [6, 6.07) is 18.1. The maximum absolute atomic E-state index is 13.7. The summed E-state index contributed by atoms with van der Waals surface area (Å²) in [5.41, 5.74) is 3.64. The molecule has 1 heterocycles. The number of hydrogen-bond acceptors (Lipinski definition) is 6. The van der Waals surface area contributed by atoms with Crippen molar-refractivity contribution in [3.05, 3.63) is 77.4 Å². The van der Waals surface area contributed by atoms with Gasteiger partial charge in [-0.2, -0.15) is 0 Å². The molecule has 1 atom stereocenters. The van der Waals surface area contributed by atoms with E-state index >= 15 is 0 Å². The Kier molecular flexibility index (Phi) is 12.7. The number of benzene rings is 3. The monoisotopic (exact) mass is 639 g/mol. The van der Waals surface area contributed by atoms with Crippen LogP contribution in [0.2, 0.25) is 0 Å². The van der Waals surface area contributed by atoms with Crippen LogP contribution in [0.4, 0.5) is 4.79 Å². The highest BCUT2D eigenvalue weighted by molar-refractivity contribution is 6.46. The Morgan fingerprint density at radius 1 is 0.787 bits per heavy atom. The minimum Gasteiger partial charge on any atom is -0.411 e. The quantitative estimate of drug-likeness (QED) is 0.0407. The average Bonchev–Trinajstić information content (AvgIpc) is 3.40. The highest BCUT2D eigenvalue weighted by Crippen LogP contribution is 2.33. The van der Waals surface area contributed by atoms with Gasteiger partial charge in [-0.15, -0.1) is 0 Å². The molecule has 1 amide bonds. The van der Waals surface area contributed by atoms with Crippen molar-refractivity contribution in [3.8, 4) is 5.75 Å². The van der Waals surface area contributed by atoms with Gasteiger partial charge in [0.2, 0.25) is 5.78 Å². The molecule has 0 aliphatic heterocycles. The summed E-state index contributed by atoms with van der Waals surface area (Å²) in [6.45, 7) is 12.2. The molecule has 4 rings (SSSR count). The lowest BCUT2D eigenvalue weighted by molar-refractivity contribution is 0.103. The molecule has 1 unspecified atom stereocenters. The number of Topliss-reactive ketones (excluding diaryl/α,β-unsaturated/α-hetero) is 1. The number of amides is 1. The van der Waals surface area contributed by atoms with Crippen LogP contribution < -0.4 is 4.74 Å². The van der Waals surface area contributed by atoms with E-state index in [2.05, 4.69) is 30.5 Å². The van der Waals surface area contributed by atoms with Gasteiger partial charge in [0, 0.05) is 58.1 Å². The predicted molar refractivity (Wildman–Crippen MR) is 189 cm³/mol. The molecule has 0 spiro atoms. The zero-order chi connectivity index (χ0) is 33.9. The van der Waals surface area contributed by atoms with Crippen molar-refractivity contribution in [1.82, 2.24) is 9.47 Å². The van der Waals surface area contributed by atoms with Crippen LogP contribution in [0.1, 0.15) is 112 Å². The molecule has 1 aromatic heterocycles. The molecule has 0 radical (unpaired) electrons. The first kappa shape index (κ1) is 35.4. The van der Waals surface area contributed by atoms with E-state index in [1.54, 1.807) is 29.2 Å². The van der Waals surface area contributed by atoms with Crippen molar-refractivity contribution >= 4 is 45.2 Å². The number of carbonyl (C=O) groups is 3. The summed E-state index contributed by atoms with van der Waals surface area (Å²) in [5, 5.41) is 14.8. The third-order valence-electron chi connectivity index (χ3n) is 9.12. The van der Waals surface area contributed by atoms with E-state index in [-0.39, 0.29) is 17.3 Å². The third-order valence-corrected chi connectivity index (χ3v) is 9.12. The number of oxime groups is 1. The van der Waals surface area contributed by atoms with Crippen molar-refractivity contribution in [2.45, 2.75) is 92.5 Å². The summed E-state index contributed by atoms with van der Waals surface area (Å²) < 4.78 is 7.79. The first-order valence-electron chi connectivity index (χ1n) is 17.2. The number of rotatable bonds is 17. The largest absolute Gasteiger partial charge is 0.415 e. The van der Waals surface area contributed by atoms with Crippen LogP contribution in [0.25, 0.3) is 21.8 Å². The van der Waals surface area contributed by atoms with Crippen molar-refractivity contribution in [3.63, 3.8) is 0 Å². The number of nitrogens with zero attached hydrogens (tertiary/aromatic N) is 3. The number of ketones is 2. The molecule has 0 aliphatic rings. The Balaban J connectivity index is 1.73. The molecular weight excluding hydrogens is 590 g/mol. The summed E-state index contributed by atoms with van der Waals surface area (Å²) in [6.07, 6.45) is 7.25. The van der Waals surface area contributed by atoms with Gasteiger partial charge in [-0.25, -0.2) is 4.79 Å². The molecule has 0 aliphatic carbocycles. The lowest BCUT2D eigenvalue weighted by Gasteiger charge is -2.18. The van der Waals surface area contributed by atoms with Crippen molar-refractivity contribution in [1.29, 1.82) is 0 Å². The maximum atomic E-state index is 13.7. The SMILES string of the molecule is CCCCC/C(=N\O)C(=O)c1ccc2c(c1)c1cc(C(=O)c3ccc(OC(=O)N(CC)CC)cc3)ccc1n2CC(CC)CCCC. The Labute approximate surface area is 278 Å². The van der Waals surface area contributed by atoms with E-state index < -0.39 is 6.09 Å². The van der Waals surface area contributed by atoms with Crippen LogP contribution in [0.5, 0.6) is 5.75 Å². The number of hydrogen-bond donors (Lipinski definition) is 1. The van der Waals surface area contributed by atoms with E-state index in [0.717, 1.165) is 66.9 Å². The van der Waals surface area contributed by atoms with Crippen molar-refractivity contribution in [2.24, 2.45) is 11.1 Å².